The van der Waals surface area contributed by atoms with Gasteiger partial charge >= 0.3 is 0 Å². The molecule has 0 aliphatic heterocycles. The Kier molecular flexibility index (Phi) is 3.00. The Morgan fingerprint density at radius 2 is 1.95 bits per heavy atom. The maximum Gasteiger partial charge on any atom is 0.250 e. The van der Waals surface area contributed by atoms with Crippen molar-refractivity contribution in [3.8, 4) is 0 Å². The lowest BCUT2D eigenvalue weighted by molar-refractivity contribution is 0.456. The minimum Gasteiger partial charge on any atom is -0.330 e. The van der Waals surface area contributed by atoms with E-state index in [1.165, 1.54) is 30.6 Å². The molecule has 6 heteroatoms. The molecule has 2 bridgehead atoms. The first-order chi connectivity index (χ1) is 9.60. The van der Waals surface area contributed by atoms with E-state index in [1.807, 2.05) is 6.07 Å². The van der Waals surface area contributed by atoms with Crippen LogP contribution in [0.3, 0.4) is 0 Å². The molecule has 4 nitrogen and oxygen atoms in total. The largest absolute Gasteiger partial charge is 0.330 e. The van der Waals surface area contributed by atoms with Crippen LogP contribution in [-0.2, 0) is 16.4 Å². The Morgan fingerprint density at radius 1 is 1.25 bits per heavy atom. The van der Waals surface area contributed by atoms with Gasteiger partial charge in [-0.05, 0) is 68.0 Å². The van der Waals surface area contributed by atoms with Gasteiger partial charge in [0.05, 0.1) is 0 Å². The van der Waals surface area contributed by atoms with Crippen molar-refractivity contribution in [2.24, 2.45) is 29.4 Å². The number of nitrogens with two attached hydrogens (primary N) is 1. The number of hydrogen-bond acceptors (Lipinski definition) is 4. The van der Waals surface area contributed by atoms with Gasteiger partial charge in [-0.3, -0.25) is 0 Å². The highest BCUT2D eigenvalue weighted by atomic mass is 32.2. The molecule has 0 radical (unpaired) electrons. The van der Waals surface area contributed by atoms with E-state index < -0.39 is 10.0 Å². The summed E-state index contributed by atoms with van der Waals surface area (Å²) in [6.07, 6.45) is 4.71. The Hall–Kier alpha value is -0.430. The van der Waals surface area contributed by atoms with Gasteiger partial charge in [-0.15, -0.1) is 11.3 Å². The second-order valence-corrected chi connectivity index (χ2v) is 9.50. The van der Waals surface area contributed by atoms with Crippen LogP contribution in [0.1, 0.15) is 24.1 Å². The standard InChI is InChI=1S/C14H20N2O2S2/c15-6-5-10-3-4-11(19-10)20(17,18)16-14-12-8-1-2-9(7-8)13(12)14/h3-4,8-9,12-14,16H,1-2,5-7,15H2. The normalized spacial score (nSPS) is 38.1. The number of thiophene rings is 1. The summed E-state index contributed by atoms with van der Waals surface area (Å²) < 4.78 is 28.3. The fourth-order valence-electron chi connectivity index (χ4n) is 4.50. The van der Waals surface area contributed by atoms with Crippen molar-refractivity contribution in [1.29, 1.82) is 0 Å². The van der Waals surface area contributed by atoms with E-state index in [0.717, 1.165) is 23.1 Å². The molecule has 3 saturated carbocycles. The Morgan fingerprint density at radius 3 is 2.60 bits per heavy atom. The summed E-state index contributed by atoms with van der Waals surface area (Å²) in [5, 5.41) is 0. The number of rotatable bonds is 5. The third kappa shape index (κ3) is 1.96. The highest BCUT2D eigenvalue weighted by Crippen LogP contribution is 2.65. The molecule has 20 heavy (non-hydrogen) atoms. The monoisotopic (exact) mass is 312 g/mol. The highest BCUT2D eigenvalue weighted by Gasteiger charge is 2.65. The van der Waals surface area contributed by atoms with E-state index in [-0.39, 0.29) is 6.04 Å². The molecule has 3 aliphatic rings. The van der Waals surface area contributed by atoms with Gasteiger partial charge < -0.3 is 5.73 Å². The zero-order valence-electron chi connectivity index (χ0n) is 11.3. The Bertz CT molecular complexity index is 609. The van der Waals surface area contributed by atoms with Gasteiger partial charge in [-0.1, -0.05) is 0 Å². The van der Waals surface area contributed by atoms with Gasteiger partial charge in [0.25, 0.3) is 0 Å². The fourth-order valence-corrected chi connectivity index (χ4v) is 7.19. The summed E-state index contributed by atoms with van der Waals surface area (Å²) in [5.74, 6) is 2.83. The van der Waals surface area contributed by atoms with Crippen molar-refractivity contribution in [1.82, 2.24) is 4.72 Å². The second-order valence-electron chi connectivity index (χ2n) is 6.39. The Labute approximate surface area is 123 Å². The lowest BCUT2D eigenvalue weighted by atomic mass is 10.0. The summed E-state index contributed by atoms with van der Waals surface area (Å²) in [7, 11) is -3.33. The summed E-state index contributed by atoms with van der Waals surface area (Å²) in [4.78, 5) is 1.05. The van der Waals surface area contributed by atoms with E-state index in [4.69, 9.17) is 5.73 Å². The van der Waals surface area contributed by atoms with Crippen LogP contribution >= 0.6 is 11.3 Å². The number of sulfonamides is 1. The lowest BCUT2D eigenvalue weighted by Gasteiger charge is -2.10. The first-order valence-corrected chi connectivity index (χ1v) is 9.71. The number of nitrogens with one attached hydrogen (secondary N) is 1. The smallest absolute Gasteiger partial charge is 0.250 e. The molecule has 3 aliphatic carbocycles. The van der Waals surface area contributed by atoms with Gasteiger partial charge in [0.1, 0.15) is 4.21 Å². The predicted octanol–water partition coefficient (Wildman–Crippen LogP) is 1.57. The van der Waals surface area contributed by atoms with Crippen molar-refractivity contribution in [3.63, 3.8) is 0 Å². The third-order valence-electron chi connectivity index (χ3n) is 5.32. The minimum absolute atomic E-state index is 0.214. The van der Waals surface area contributed by atoms with Crippen LogP contribution in [0, 0.1) is 23.7 Å². The number of hydrogen-bond donors (Lipinski definition) is 2. The maximum absolute atomic E-state index is 12.4. The van der Waals surface area contributed by atoms with Crippen molar-refractivity contribution in [2.45, 2.75) is 35.9 Å². The summed E-state index contributed by atoms with van der Waals surface area (Å²) >= 11 is 1.35. The van der Waals surface area contributed by atoms with E-state index >= 15 is 0 Å². The molecule has 1 aromatic rings. The van der Waals surface area contributed by atoms with Crippen LogP contribution in [0.4, 0.5) is 0 Å². The van der Waals surface area contributed by atoms with Crippen LogP contribution < -0.4 is 10.5 Å². The quantitative estimate of drug-likeness (QED) is 0.867. The summed E-state index contributed by atoms with van der Waals surface area (Å²) in [6, 6.07) is 3.81. The second kappa shape index (κ2) is 4.53. The van der Waals surface area contributed by atoms with Gasteiger partial charge in [0, 0.05) is 10.9 Å². The molecule has 1 aromatic heterocycles. The van der Waals surface area contributed by atoms with E-state index in [2.05, 4.69) is 4.72 Å². The molecule has 1 heterocycles. The average molecular weight is 312 g/mol. The third-order valence-corrected chi connectivity index (χ3v) is 8.42. The highest BCUT2D eigenvalue weighted by molar-refractivity contribution is 7.91. The summed E-state index contributed by atoms with van der Waals surface area (Å²) in [6.45, 7) is 0.559. The molecule has 4 unspecified atom stereocenters. The predicted molar refractivity (Wildman–Crippen MR) is 79.0 cm³/mol. The van der Waals surface area contributed by atoms with Gasteiger partial charge in [0.15, 0.2) is 0 Å². The zero-order chi connectivity index (χ0) is 13.9. The molecule has 0 saturated heterocycles. The molecule has 3 N–H and O–H groups in total. The van der Waals surface area contributed by atoms with Crippen molar-refractivity contribution >= 4 is 21.4 Å². The van der Waals surface area contributed by atoms with Crippen LogP contribution in [0.2, 0.25) is 0 Å². The molecular weight excluding hydrogens is 292 g/mol. The lowest BCUT2D eigenvalue weighted by Crippen LogP contribution is -2.29. The zero-order valence-corrected chi connectivity index (χ0v) is 12.9. The minimum atomic E-state index is -3.33. The van der Waals surface area contributed by atoms with Crippen LogP contribution in [-0.4, -0.2) is 21.0 Å². The van der Waals surface area contributed by atoms with Crippen LogP contribution in [0.5, 0.6) is 0 Å². The van der Waals surface area contributed by atoms with E-state index in [0.29, 0.717) is 22.6 Å². The first kappa shape index (κ1) is 13.2. The van der Waals surface area contributed by atoms with Crippen molar-refractivity contribution in [2.75, 3.05) is 6.54 Å². The van der Waals surface area contributed by atoms with Gasteiger partial charge in [-0.2, -0.15) is 0 Å². The maximum atomic E-state index is 12.4. The molecule has 3 fully saturated rings. The van der Waals surface area contributed by atoms with Crippen molar-refractivity contribution in [3.05, 3.63) is 17.0 Å². The molecule has 4 atom stereocenters. The summed E-state index contributed by atoms with van der Waals surface area (Å²) in [5.41, 5.74) is 5.51. The molecule has 110 valence electrons. The topological polar surface area (TPSA) is 72.2 Å². The molecule has 0 amide bonds. The van der Waals surface area contributed by atoms with Gasteiger partial charge in [-0.25, -0.2) is 13.1 Å². The fraction of sp³-hybridized carbons (Fsp3) is 0.714. The van der Waals surface area contributed by atoms with E-state index in [1.54, 1.807) is 6.07 Å². The van der Waals surface area contributed by atoms with Crippen LogP contribution in [0.25, 0.3) is 0 Å². The average Bonchev–Trinajstić information content (AvgIpc) is 2.84. The van der Waals surface area contributed by atoms with E-state index in [9.17, 15) is 8.42 Å². The SMILES string of the molecule is NCCc1ccc(S(=O)(=O)NC2C3C4CCC(C4)C23)s1. The van der Waals surface area contributed by atoms with Crippen molar-refractivity contribution < 1.29 is 8.42 Å². The molecule has 0 spiro atoms. The molecular formula is C14H20N2O2S2. The number of fused-ring (bicyclic) bond motifs is 5. The van der Waals surface area contributed by atoms with Gasteiger partial charge in [0.2, 0.25) is 10.0 Å². The Balaban J connectivity index is 1.48. The first-order valence-electron chi connectivity index (χ1n) is 7.41. The molecule has 0 aromatic carbocycles. The molecule has 4 rings (SSSR count). The van der Waals surface area contributed by atoms with Crippen LogP contribution in [0.15, 0.2) is 16.3 Å².